The first-order valence-electron chi connectivity index (χ1n) is 6.59. The van der Waals surface area contributed by atoms with Crippen LogP contribution in [0.3, 0.4) is 0 Å². The summed E-state index contributed by atoms with van der Waals surface area (Å²) in [6.07, 6.45) is 0. The van der Waals surface area contributed by atoms with Gasteiger partial charge in [0.05, 0.1) is 11.3 Å². The van der Waals surface area contributed by atoms with E-state index in [0.717, 1.165) is 11.6 Å². The number of benzene rings is 2. The highest BCUT2D eigenvalue weighted by atomic mass is 19.1. The van der Waals surface area contributed by atoms with Gasteiger partial charge in [0.25, 0.3) is 0 Å². The summed E-state index contributed by atoms with van der Waals surface area (Å²) in [6.45, 7) is 0. The smallest absolute Gasteiger partial charge is 0.345 e. The van der Waals surface area contributed by atoms with Crippen LogP contribution in [-0.2, 0) is 0 Å². The predicted molar refractivity (Wildman–Crippen MR) is 78.8 cm³/mol. The van der Waals surface area contributed by atoms with Crippen molar-refractivity contribution in [1.82, 2.24) is 10.2 Å². The van der Waals surface area contributed by atoms with Gasteiger partial charge in [0.2, 0.25) is 5.88 Å². The molecule has 5 heteroatoms. The monoisotopic (exact) mass is 294 g/mol. The second kappa shape index (κ2) is 6.13. The van der Waals surface area contributed by atoms with E-state index in [2.05, 4.69) is 10.2 Å². The molecule has 4 nitrogen and oxygen atoms in total. The van der Waals surface area contributed by atoms with Crippen molar-refractivity contribution < 1.29 is 13.9 Å². The molecule has 0 fully saturated rings. The summed E-state index contributed by atoms with van der Waals surface area (Å²) in [6, 6.07) is 18.0. The SMILES string of the molecule is O=C(Oc1ccc(-c2ccccc2)nn1)c1cccc(F)c1. The fourth-order valence-corrected chi connectivity index (χ4v) is 1.91. The average Bonchev–Trinajstić information content (AvgIpc) is 2.56. The normalized spacial score (nSPS) is 10.2. The van der Waals surface area contributed by atoms with Crippen molar-refractivity contribution in [3.63, 3.8) is 0 Å². The minimum Gasteiger partial charge on any atom is -0.402 e. The molecule has 22 heavy (non-hydrogen) atoms. The van der Waals surface area contributed by atoms with Crippen LogP contribution < -0.4 is 4.74 Å². The highest BCUT2D eigenvalue weighted by Crippen LogP contribution is 2.17. The summed E-state index contributed by atoms with van der Waals surface area (Å²) < 4.78 is 18.1. The second-order valence-electron chi connectivity index (χ2n) is 4.52. The molecule has 0 saturated heterocycles. The quantitative estimate of drug-likeness (QED) is 0.694. The first kappa shape index (κ1) is 13.9. The largest absolute Gasteiger partial charge is 0.402 e. The molecule has 1 heterocycles. The molecule has 0 radical (unpaired) electrons. The van der Waals surface area contributed by atoms with Crippen LogP contribution in [0.25, 0.3) is 11.3 Å². The standard InChI is InChI=1S/C17H11FN2O2/c18-14-8-4-7-13(11-14)17(21)22-16-10-9-15(19-20-16)12-5-2-1-3-6-12/h1-11H. The van der Waals surface area contributed by atoms with Crippen molar-refractivity contribution in [2.45, 2.75) is 0 Å². The number of hydrogen-bond donors (Lipinski definition) is 0. The van der Waals surface area contributed by atoms with E-state index in [9.17, 15) is 9.18 Å². The molecule has 3 rings (SSSR count). The molecule has 0 atom stereocenters. The maximum absolute atomic E-state index is 13.1. The molecule has 0 N–H and O–H groups in total. The molecule has 1 aromatic heterocycles. The molecule has 0 aliphatic heterocycles. The molecule has 0 spiro atoms. The van der Waals surface area contributed by atoms with Gasteiger partial charge in [-0.2, -0.15) is 0 Å². The highest BCUT2D eigenvalue weighted by Gasteiger charge is 2.10. The summed E-state index contributed by atoms with van der Waals surface area (Å²) in [5.41, 5.74) is 1.71. The number of carbonyl (C=O) groups is 1. The first-order valence-corrected chi connectivity index (χ1v) is 6.59. The minimum absolute atomic E-state index is 0.0638. The van der Waals surface area contributed by atoms with Crippen molar-refractivity contribution in [3.05, 3.63) is 78.1 Å². The fraction of sp³-hybridized carbons (Fsp3) is 0. The van der Waals surface area contributed by atoms with E-state index in [1.807, 2.05) is 30.3 Å². The third-order valence-corrected chi connectivity index (χ3v) is 2.97. The number of halogens is 1. The van der Waals surface area contributed by atoms with Crippen LogP contribution in [0.5, 0.6) is 5.88 Å². The Kier molecular flexibility index (Phi) is 3.87. The fourth-order valence-electron chi connectivity index (χ4n) is 1.91. The topological polar surface area (TPSA) is 52.1 Å². The summed E-state index contributed by atoms with van der Waals surface area (Å²) in [5, 5.41) is 7.87. The van der Waals surface area contributed by atoms with Gasteiger partial charge in [0, 0.05) is 11.6 Å². The highest BCUT2D eigenvalue weighted by molar-refractivity contribution is 5.90. The molecule has 2 aromatic carbocycles. The molecule has 108 valence electrons. The number of carbonyl (C=O) groups excluding carboxylic acids is 1. The van der Waals surface area contributed by atoms with Crippen LogP contribution in [0, 0.1) is 5.82 Å². The molecule has 0 bridgehead atoms. The van der Waals surface area contributed by atoms with E-state index in [1.54, 1.807) is 12.1 Å². The van der Waals surface area contributed by atoms with Crippen molar-refractivity contribution in [1.29, 1.82) is 0 Å². The molecule has 3 aromatic rings. The van der Waals surface area contributed by atoms with Gasteiger partial charge >= 0.3 is 5.97 Å². The van der Waals surface area contributed by atoms with Gasteiger partial charge in [0.1, 0.15) is 5.82 Å². The number of aromatic nitrogens is 2. The van der Waals surface area contributed by atoms with Crippen LogP contribution in [-0.4, -0.2) is 16.2 Å². The molecular weight excluding hydrogens is 283 g/mol. The third kappa shape index (κ3) is 3.15. The number of esters is 1. The molecule has 0 aliphatic carbocycles. The number of ether oxygens (including phenoxy) is 1. The van der Waals surface area contributed by atoms with Gasteiger partial charge in [0.15, 0.2) is 0 Å². The number of nitrogens with zero attached hydrogens (tertiary/aromatic N) is 2. The van der Waals surface area contributed by atoms with E-state index < -0.39 is 11.8 Å². The lowest BCUT2D eigenvalue weighted by atomic mass is 10.1. The van der Waals surface area contributed by atoms with Crippen LogP contribution in [0.1, 0.15) is 10.4 Å². The zero-order valence-electron chi connectivity index (χ0n) is 11.4. The lowest BCUT2D eigenvalue weighted by molar-refractivity contribution is 0.0725. The first-order chi connectivity index (χ1) is 10.7. The lowest BCUT2D eigenvalue weighted by Gasteiger charge is -2.04. The van der Waals surface area contributed by atoms with Crippen molar-refractivity contribution in [2.24, 2.45) is 0 Å². The summed E-state index contributed by atoms with van der Waals surface area (Å²) in [5.74, 6) is -1.12. The van der Waals surface area contributed by atoms with Gasteiger partial charge in [-0.1, -0.05) is 36.4 Å². The van der Waals surface area contributed by atoms with Gasteiger partial charge in [-0.15, -0.1) is 10.2 Å². The Morgan fingerprint density at radius 1 is 0.909 bits per heavy atom. The van der Waals surface area contributed by atoms with Crippen LogP contribution in [0.2, 0.25) is 0 Å². The van der Waals surface area contributed by atoms with E-state index in [4.69, 9.17) is 4.74 Å². The second-order valence-corrected chi connectivity index (χ2v) is 4.52. The summed E-state index contributed by atoms with van der Waals surface area (Å²) in [4.78, 5) is 11.9. The van der Waals surface area contributed by atoms with Crippen LogP contribution in [0.4, 0.5) is 4.39 Å². The van der Waals surface area contributed by atoms with Crippen molar-refractivity contribution >= 4 is 5.97 Å². The van der Waals surface area contributed by atoms with Crippen molar-refractivity contribution in [2.75, 3.05) is 0 Å². The molecule has 0 aliphatic rings. The molecular formula is C17H11FN2O2. The Bertz CT molecular complexity index is 789. The molecule has 0 saturated carbocycles. The Morgan fingerprint density at radius 3 is 2.41 bits per heavy atom. The van der Waals surface area contributed by atoms with E-state index in [1.165, 1.54) is 18.2 Å². The predicted octanol–water partition coefficient (Wildman–Crippen LogP) is 3.50. The minimum atomic E-state index is -0.679. The Balaban J connectivity index is 1.75. The lowest BCUT2D eigenvalue weighted by Crippen LogP contribution is -2.10. The summed E-state index contributed by atoms with van der Waals surface area (Å²) in [7, 11) is 0. The van der Waals surface area contributed by atoms with Gasteiger partial charge in [-0.05, 0) is 24.3 Å². The number of hydrogen-bond acceptors (Lipinski definition) is 4. The molecule has 0 amide bonds. The third-order valence-electron chi connectivity index (χ3n) is 2.97. The molecule has 0 unspecified atom stereocenters. The van der Waals surface area contributed by atoms with Crippen LogP contribution >= 0.6 is 0 Å². The number of rotatable bonds is 3. The van der Waals surface area contributed by atoms with Gasteiger partial charge < -0.3 is 4.74 Å². The maximum Gasteiger partial charge on any atom is 0.345 e. The van der Waals surface area contributed by atoms with E-state index in [-0.39, 0.29) is 11.4 Å². The zero-order chi connectivity index (χ0) is 15.4. The Hall–Kier alpha value is -3.08. The van der Waals surface area contributed by atoms with Crippen LogP contribution in [0.15, 0.2) is 66.7 Å². The van der Waals surface area contributed by atoms with Crippen molar-refractivity contribution in [3.8, 4) is 17.1 Å². The average molecular weight is 294 g/mol. The Morgan fingerprint density at radius 2 is 1.73 bits per heavy atom. The van der Waals surface area contributed by atoms with E-state index >= 15 is 0 Å². The maximum atomic E-state index is 13.1. The van der Waals surface area contributed by atoms with Gasteiger partial charge in [-0.25, -0.2) is 9.18 Å². The van der Waals surface area contributed by atoms with Gasteiger partial charge in [-0.3, -0.25) is 0 Å². The zero-order valence-corrected chi connectivity index (χ0v) is 11.4. The van der Waals surface area contributed by atoms with E-state index in [0.29, 0.717) is 5.69 Å². The summed E-state index contributed by atoms with van der Waals surface area (Å²) >= 11 is 0. The Labute approximate surface area is 126 Å².